The fraction of sp³-hybridized carbons (Fsp3) is 0.389. The van der Waals surface area contributed by atoms with Gasteiger partial charge in [0.1, 0.15) is 10.3 Å². The average molecular weight is 379 g/mol. The van der Waals surface area contributed by atoms with E-state index in [1.807, 2.05) is 18.2 Å². The number of carbonyl (C=O) groups excluding carboxylic acids is 1. The number of thiophene rings is 1. The number of hydrogen-bond acceptors (Lipinski definition) is 4. The van der Waals surface area contributed by atoms with E-state index >= 15 is 0 Å². The number of sulfonamides is 1. The topological polar surface area (TPSA) is 66.5 Å². The van der Waals surface area contributed by atoms with E-state index in [0.29, 0.717) is 30.1 Å². The maximum atomic E-state index is 12.7. The summed E-state index contributed by atoms with van der Waals surface area (Å²) in [5.41, 5.74) is 1.24. The van der Waals surface area contributed by atoms with Crippen molar-refractivity contribution >= 4 is 27.3 Å². The molecule has 1 N–H and O–H groups in total. The number of carbonyl (C=O) groups is 1. The minimum absolute atomic E-state index is 0.189. The molecule has 0 aliphatic carbocycles. The van der Waals surface area contributed by atoms with Crippen LogP contribution in [0.2, 0.25) is 0 Å². The highest BCUT2D eigenvalue weighted by Gasteiger charge is 2.39. The zero-order chi connectivity index (χ0) is 17.7. The van der Waals surface area contributed by atoms with Gasteiger partial charge >= 0.3 is 0 Å². The van der Waals surface area contributed by atoms with E-state index in [0.717, 1.165) is 12.8 Å². The van der Waals surface area contributed by atoms with Gasteiger partial charge in [0.2, 0.25) is 5.91 Å². The van der Waals surface area contributed by atoms with Crippen molar-refractivity contribution in [2.45, 2.75) is 35.9 Å². The molecule has 2 heterocycles. The van der Waals surface area contributed by atoms with Gasteiger partial charge in [0.15, 0.2) is 0 Å². The van der Waals surface area contributed by atoms with Crippen molar-refractivity contribution in [1.82, 2.24) is 9.62 Å². The van der Waals surface area contributed by atoms with E-state index in [-0.39, 0.29) is 5.91 Å². The molecule has 1 aromatic heterocycles. The second-order valence-electron chi connectivity index (χ2n) is 6.09. The van der Waals surface area contributed by atoms with Crippen molar-refractivity contribution in [3.8, 4) is 0 Å². The molecular formula is C18H22N2O3S2. The van der Waals surface area contributed by atoms with Crippen molar-refractivity contribution < 1.29 is 13.2 Å². The maximum absolute atomic E-state index is 12.7. The van der Waals surface area contributed by atoms with Crippen LogP contribution in [0.15, 0.2) is 52.1 Å². The molecule has 1 aromatic carbocycles. The summed E-state index contributed by atoms with van der Waals surface area (Å²) in [6.45, 7) is 0.958. The number of benzene rings is 1. The van der Waals surface area contributed by atoms with Gasteiger partial charge in [-0.25, -0.2) is 8.42 Å². The highest BCUT2D eigenvalue weighted by Crippen LogP contribution is 2.28. The molecule has 1 aliphatic heterocycles. The Balaban J connectivity index is 1.54. The average Bonchev–Trinajstić information content (AvgIpc) is 3.31. The van der Waals surface area contributed by atoms with Crippen LogP contribution in [0.1, 0.15) is 24.8 Å². The molecule has 1 unspecified atom stereocenters. The van der Waals surface area contributed by atoms with Crippen molar-refractivity contribution in [2.24, 2.45) is 0 Å². The van der Waals surface area contributed by atoms with Crippen molar-refractivity contribution in [3.63, 3.8) is 0 Å². The number of rotatable bonds is 7. The van der Waals surface area contributed by atoms with Crippen molar-refractivity contribution in [2.75, 3.05) is 13.1 Å². The number of aryl methyl sites for hydroxylation is 1. The lowest BCUT2D eigenvalue weighted by molar-refractivity contribution is -0.124. The maximum Gasteiger partial charge on any atom is 0.253 e. The number of hydrogen-bond donors (Lipinski definition) is 1. The predicted molar refractivity (Wildman–Crippen MR) is 99.0 cm³/mol. The van der Waals surface area contributed by atoms with Gasteiger partial charge in [-0.2, -0.15) is 4.31 Å². The summed E-state index contributed by atoms with van der Waals surface area (Å²) < 4.78 is 27.0. The molecule has 7 heteroatoms. The first kappa shape index (κ1) is 18.1. The standard InChI is InChI=1S/C18H22N2O3S2/c21-18(19-12-4-9-15-7-2-1-3-8-15)16-10-5-13-20(16)25(22,23)17-11-6-14-24-17/h1-3,6-8,11,14,16H,4-5,9-10,12-13H2,(H,19,21). The minimum atomic E-state index is -3.57. The van der Waals surface area contributed by atoms with Gasteiger partial charge in [-0.05, 0) is 42.7 Å². The summed E-state index contributed by atoms with van der Waals surface area (Å²) in [6, 6.07) is 12.8. The molecule has 1 fully saturated rings. The van der Waals surface area contributed by atoms with Crippen LogP contribution in [-0.4, -0.2) is 37.8 Å². The predicted octanol–water partition coefficient (Wildman–Crippen LogP) is 2.65. The summed E-state index contributed by atoms with van der Waals surface area (Å²) in [5, 5.41) is 4.64. The quantitative estimate of drug-likeness (QED) is 0.753. The normalized spacial score (nSPS) is 18.3. The fourth-order valence-corrected chi connectivity index (χ4v) is 5.86. The summed E-state index contributed by atoms with van der Waals surface area (Å²) in [5.74, 6) is -0.189. The molecule has 1 amide bonds. The van der Waals surface area contributed by atoms with Crippen LogP contribution in [0.3, 0.4) is 0 Å². The summed E-state index contributed by atoms with van der Waals surface area (Å²) in [7, 11) is -3.57. The van der Waals surface area contributed by atoms with Gasteiger partial charge in [0, 0.05) is 13.1 Å². The van der Waals surface area contributed by atoms with E-state index in [1.54, 1.807) is 17.5 Å². The molecule has 0 saturated carbocycles. The minimum Gasteiger partial charge on any atom is -0.355 e. The van der Waals surface area contributed by atoms with E-state index in [4.69, 9.17) is 0 Å². The molecule has 1 aliphatic rings. The van der Waals surface area contributed by atoms with Crippen LogP contribution in [-0.2, 0) is 21.2 Å². The van der Waals surface area contributed by atoms with E-state index in [1.165, 1.54) is 21.2 Å². The Morgan fingerprint density at radius 1 is 1.20 bits per heavy atom. The lowest BCUT2D eigenvalue weighted by atomic mass is 10.1. The van der Waals surface area contributed by atoms with Gasteiger partial charge in [-0.15, -0.1) is 11.3 Å². The second kappa shape index (κ2) is 8.12. The van der Waals surface area contributed by atoms with Gasteiger partial charge in [-0.3, -0.25) is 4.79 Å². The Hall–Kier alpha value is -1.70. The summed E-state index contributed by atoms with van der Waals surface area (Å²) in [4.78, 5) is 12.5. The third-order valence-corrected chi connectivity index (χ3v) is 7.63. The van der Waals surface area contributed by atoms with Gasteiger partial charge in [0.05, 0.1) is 0 Å². The zero-order valence-electron chi connectivity index (χ0n) is 13.9. The second-order valence-corrected chi connectivity index (χ2v) is 9.15. The Morgan fingerprint density at radius 3 is 2.72 bits per heavy atom. The Bertz CT molecular complexity index is 789. The highest BCUT2D eigenvalue weighted by atomic mass is 32.2. The molecule has 0 bridgehead atoms. The number of nitrogens with one attached hydrogen (secondary N) is 1. The Labute approximate surface area is 152 Å². The number of amides is 1. The number of nitrogens with zero attached hydrogens (tertiary/aromatic N) is 1. The first-order valence-corrected chi connectivity index (χ1v) is 10.8. The third-order valence-electron chi connectivity index (χ3n) is 4.35. The molecule has 134 valence electrons. The molecule has 0 radical (unpaired) electrons. The molecule has 0 spiro atoms. The van der Waals surface area contributed by atoms with Gasteiger partial charge in [-0.1, -0.05) is 36.4 Å². The van der Waals surface area contributed by atoms with Crippen LogP contribution >= 0.6 is 11.3 Å². The summed E-state index contributed by atoms with van der Waals surface area (Å²) in [6.07, 6.45) is 3.02. The first-order valence-electron chi connectivity index (χ1n) is 8.46. The molecule has 5 nitrogen and oxygen atoms in total. The van der Waals surface area contributed by atoms with E-state index in [9.17, 15) is 13.2 Å². The lowest BCUT2D eigenvalue weighted by Gasteiger charge is -2.22. The molecular weight excluding hydrogens is 356 g/mol. The first-order chi connectivity index (χ1) is 12.1. The molecule has 25 heavy (non-hydrogen) atoms. The van der Waals surface area contributed by atoms with Crippen molar-refractivity contribution in [3.05, 3.63) is 53.4 Å². The van der Waals surface area contributed by atoms with Crippen LogP contribution < -0.4 is 5.32 Å². The van der Waals surface area contributed by atoms with E-state index in [2.05, 4.69) is 17.4 Å². The van der Waals surface area contributed by atoms with Crippen LogP contribution in [0.25, 0.3) is 0 Å². The molecule has 3 rings (SSSR count). The van der Waals surface area contributed by atoms with Crippen molar-refractivity contribution in [1.29, 1.82) is 0 Å². The lowest BCUT2D eigenvalue weighted by Crippen LogP contribution is -2.45. The van der Waals surface area contributed by atoms with Gasteiger partial charge < -0.3 is 5.32 Å². The molecule has 2 aromatic rings. The van der Waals surface area contributed by atoms with Gasteiger partial charge in [0.25, 0.3) is 10.0 Å². The Kier molecular flexibility index (Phi) is 5.88. The van der Waals surface area contributed by atoms with Crippen LogP contribution in [0.4, 0.5) is 0 Å². The largest absolute Gasteiger partial charge is 0.355 e. The monoisotopic (exact) mass is 378 g/mol. The highest BCUT2D eigenvalue weighted by molar-refractivity contribution is 7.91. The van der Waals surface area contributed by atoms with E-state index < -0.39 is 16.1 Å². The SMILES string of the molecule is O=C(NCCCc1ccccc1)C1CCCN1S(=O)(=O)c1cccs1. The van der Waals surface area contributed by atoms with Crippen LogP contribution in [0.5, 0.6) is 0 Å². The summed E-state index contributed by atoms with van der Waals surface area (Å²) >= 11 is 1.19. The fourth-order valence-electron chi connectivity index (χ4n) is 3.08. The van der Waals surface area contributed by atoms with Crippen LogP contribution in [0, 0.1) is 0 Å². The smallest absolute Gasteiger partial charge is 0.253 e. The third kappa shape index (κ3) is 4.29. The Morgan fingerprint density at radius 2 is 2.00 bits per heavy atom. The zero-order valence-corrected chi connectivity index (χ0v) is 15.6. The molecule has 1 atom stereocenters. The molecule has 1 saturated heterocycles.